The molecule has 0 bridgehead atoms. The Morgan fingerprint density at radius 3 is 2.39 bits per heavy atom. The van der Waals surface area contributed by atoms with E-state index >= 15 is 0 Å². The molecule has 0 atom stereocenters. The van der Waals surface area contributed by atoms with Crippen LogP contribution in [0.25, 0.3) is 0 Å². The topological polar surface area (TPSA) is 115 Å². The number of carbonyl (C=O) groups is 1. The summed E-state index contributed by atoms with van der Waals surface area (Å²) in [6, 6.07) is 6.26. The lowest BCUT2D eigenvalue weighted by Gasteiger charge is -2.07. The summed E-state index contributed by atoms with van der Waals surface area (Å²) >= 11 is 2.98. The number of benzene rings is 2. The van der Waals surface area contributed by atoms with Gasteiger partial charge in [-0.05, 0) is 34.1 Å². The number of nitrogens with one attached hydrogen (secondary N) is 1. The van der Waals surface area contributed by atoms with Gasteiger partial charge in [-0.1, -0.05) is 0 Å². The van der Waals surface area contributed by atoms with Crippen LogP contribution in [0.15, 0.2) is 40.9 Å². The van der Waals surface area contributed by atoms with E-state index in [1.54, 1.807) is 0 Å². The molecule has 0 aliphatic heterocycles. The Hall–Kier alpha value is -2.88. The average molecular weight is 384 g/mol. The molecule has 8 nitrogen and oxygen atoms in total. The molecule has 0 fully saturated rings. The molecule has 0 aromatic heterocycles. The van der Waals surface area contributed by atoms with Crippen molar-refractivity contribution in [2.45, 2.75) is 0 Å². The minimum atomic E-state index is -0.865. The first kappa shape index (κ1) is 16.5. The van der Waals surface area contributed by atoms with Crippen LogP contribution in [0.3, 0.4) is 0 Å². The molecule has 0 radical (unpaired) electrons. The molecule has 0 heterocycles. The number of amides is 1. The Bertz CT molecular complexity index is 827. The van der Waals surface area contributed by atoms with Gasteiger partial charge < -0.3 is 5.32 Å². The highest BCUT2D eigenvalue weighted by Gasteiger charge is 2.18. The van der Waals surface area contributed by atoms with E-state index in [1.807, 2.05) is 0 Å². The lowest BCUT2D eigenvalue weighted by molar-refractivity contribution is -0.385. The monoisotopic (exact) mass is 383 g/mol. The van der Waals surface area contributed by atoms with Crippen molar-refractivity contribution in [3.05, 3.63) is 72.5 Å². The molecular weight excluding hydrogens is 377 g/mol. The number of halogens is 2. The Kier molecular flexibility index (Phi) is 4.65. The van der Waals surface area contributed by atoms with Gasteiger partial charge in [0.1, 0.15) is 5.82 Å². The summed E-state index contributed by atoms with van der Waals surface area (Å²) in [6.45, 7) is 0. The van der Waals surface area contributed by atoms with Crippen LogP contribution in [0.4, 0.5) is 21.5 Å². The van der Waals surface area contributed by atoms with Crippen molar-refractivity contribution >= 4 is 38.9 Å². The van der Waals surface area contributed by atoms with Crippen LogP contribution in [0.1, 0.15) is 10.4 Å². The van der Waals surface area contributed by atoms with Gasteiger partial charge >= 0.3 is 0 Å². The van der Waals surface area contributed by atoms with Crippen molar-refractivity contribution < 1.29 is 19.0 Å². The average Bonchev–Trinajstić information content (AvgIpc) is 2.49. The second-order valence-corrected chi connectivity index (χ2v) is 5.15. The van der Waals surface area contributed by atoms with Crippen molar-refractivity contribution in [2.75, 3.05) is 5.32 Å². The summed E-state index contributed by atoms with van der Waals surface area (Å²) in [5.74, 6) is -1.70. The molecule has 1 N–H and O–H groups in total. The third-order valence-electron chi connectivity index (χ3n) is 2.81. The maximum absolute atomic E-state index is 13.6. The zero-order valence-electron chi connectivity index (χ0n) is 11.2. The van der Waals surface area contributed by atoms with Crippen LogP contribution in [0, 0.1) is 26.0 Å². The van der Waals surface area contributed by atoms with Gasteiger partial charge in [0.05, 0.1) is 20.0 Å². The molecule has 23 heavy (non-hydrogen) atoms. The highest BCUT2D eigenvalue weighted by atomic mass is 79.9. The van der Waals surface area contributed by atoms with Crippen LogP contribution in [-0.4, -0.2) is 15.8 Å². The third kappa shape index (κ3) is 3.66. The van der Waals surface area contributed by atoms with Gasteiger partial charge in [-0.25, -0.2) is 4.39 Å². The summed E-state index contributed by atoms with van der Waals surface area (Å²) < 4.78 is 13.8. The highest BCUT2D eigenvalue weighted by Crippen LogP contribution is 2.27. The van der Waals surface area contributed by atoms with Crippen LogP contribution in [0.2, 0.25) is 0 Å². The molecule has 0 unspecified atom stereocenters. The summed E-state index contributed by atoms with van der Waals surface area (Å²) in [4.78, 5) is 32.1. The third-order valence-corrected chi connectivity index (χ3v) is 3.48. The fraction of sp³-hybridized carbons (Fsp3) is 0. The van der Waals surface area contributed by atoms with Crippen LogP contribution in [-0.2, 0) is 0 Å². The SMILES string of the molecule is O=C(Nc1cc([N+](=O)[O-])ccc1F)c1ccc(Br)c([N+](=O)[O-])c1. The molecule has 0 aliphatic rings. The van der Waals surface area contributed by atoms with E-state index in [4.69, 9.17) is 0 Å². The largest absolute Gasteiger partial charge is 0.319 e. The van der Waals surface area contributed by atoms with Crippen LogP contribution in [0.5, 0.6) is 0 Å². The summed E-state index contributed by atoms with van der Waals surface area (Å²) in [7, 11) is 0. The molecule has 0 saturated carbocycles. The van der Waals surface area contributed by atoms with Crippen molar-refractivity contribution in [3.63, 3.8) is 0 Å². The number of nitro benzene ring substituents is 2. The molecule has 0 aliphatic carbocycles. The Morgan fingerprint density at radius 1 is 1.09 bits per heavy atom. The lowest BCUT2D eigenvalue weighted by atomic mass is 10.2. The molecule has 2 aromatic rings. The van der Waals surface area contributed by atoms with Crippen molar-refractivity contribution in [1.29, 1.82) is 0 Å². The van der Waals surface area contributed by atoms with Gasteiger partial charge in [0, 0.05) is 23.8 Å². The first-order valence-corrected chi connectivity index (χ1v) is 6.78. The van der Waals surface area contributed by atoms with E-state index in [-0.39, 0.29) is 15.7 Å². The zero-order chi connectivity index (χ0) is 17.1. The van der Waals surface area contributed by atoms with Gasteiger partial charge in [0.25, 0.3) is 17.3 Å². The molecule has 2 aromatic carbocycles. The van der Waals surface area contributed by atoms with Gasteiger partial charge in [0.15, 0.2) is 0 Å². The summed E-state index contributed by atoms with van der Waals surface area (Å²) in [5.41, 5.74) is -1.22. The molecule has 10 heteroatoms. The van der Waals surface area contributed by atoms with Gasteiger partial charge in [0.2, 0.25) is 0 Å². The second kappa shape index (κ2) is 6.48. The Labute approximate surface area is 136 Å². The Balaban J connectivity index is 2.33. The van der Waals surface area contributed by atoms with Crippen LogP contribution >= 0.6 is 15.9 Å². The molecular formula is C13H7BrFN3O5. The molecule has 2 rings (SSSR count). The fourth-order valence-electron chi connectivity index (χ4n) is 1.71. The number of hydrogen-bond acceptors (Lipinski definition) is 5. The number of nitro groups is 2. The van der Waals surface area contributed by atoms with Gasteiger partial charge in [-0.15, -0.1) is 0 Å². The number of non-ortho nitro benzene ring substituents is 1. The van der Waals surface area contributed by atoms with E-state index in [0.717, 1.165) is 24.3 Å². The fourth-order valence-corrected chi connectivity index (χ4v) is 2.10. The number of hydrogen-bond donors (Lipinski definition) is 1. The maximum Gasteiger partial charge on any atom is 0.284 e. The number of carbonyl (C=O) groups excluding carboxylic acids is 1. The normalized spacial score (nSPS) is 10.2. The number of nitrogens with zero attached hydrogens (tertiary/aromatic N) is 2. The van der Waals surface area contributed by atoms with Crippen molar-refractivity contribution in [2.24, 2.45) is 0 Å². The summed E-state index contributed by atoms with van der Waals surface area (Å²) in [6.07, 6.45) is 0. The Morgan fingerprint density at radius 2 is 1.78 bits per heavy atom. The van der Waals surface area contributed by atoms with Gasteiger partial charge in [-0.2, -0.15) is 0 Å². The van der Waals surface area contributed by atoms with Crippen LogP contribution < -0.4 is 5.32 Å². The summed E-state index contributed by atoms with van der Waals surface area (Å²) in [5, 5.41) is 23.7. The standard InChI is InChI=1S/C13H7BrFN3O5/c14-9-3-1-7(5-12(9)18(22)23)13(19)16-11-6-8(17(20)21)2-4-10(11)15/h1-6H,(H,16,19). The van der Waals surface area contributed by atoms with E-state index in [0.29, 0.717) is 0 Å². The number of rotatable bonds is 4. The molecule has 118 valence electrons. The molecule has 1 amide bonds. The second-order valence-electron chi connectivity index (χ2n) is 4.30. The molecule has 0 spiro atoms. The van der Waals surface area contributed by atoms with E-state index in [9.17, 15) is 29.4 Å². The number of anilines is 1. The minimum Gasteiger partial charge on any atom is -0.319 e. The van der Waals surface area contributed by atoms with E-state index in [1.165, 1.54) is 12.1 Å². The minimum absolute atomic E-state index is 0.0918. The molecule has 0 saturated heterocycles. The highest BCUT2D eigenvalue weighted by molar-refractivity contribution is 9.10. The smallest absolute Gasteiger partial charge is 0.284 e. The van der Waals surface area contributed by atoms with Crippen molar-refractivity contribution in [3.8, 4) is 0 Å². The predicted octanol–water partition coefficient (Wildman–Crippen LogP) is 3.66. The quantitative estimate of drug-likeness (QED) is 0.638. The van der Waals surface area contributed by atoms with E-state index in [2.05, 4.69) is 21.2 Å². The van der Waals surface area contributed by atoms with Crippen molar-refractivity contribution in [1.82, 2.24) is 0 Å². The van der Waals surface area contributed by atoms with Gasteiger partial charge in [-0.3, -0.25) is 25.0 Å². The first-order chi connectivity index (χ1) is 10.8. The maximum atomic E-state index is 13.6. The zero-order valence-corrected chi connectivity index (χ0v) is 12.7. The lowest BCUT2D eigenvalue weighted by Crippen LogP contribution is -2.13. The first-order valence-electron chi connectivity index (χ1n) is 5.99. The predicted molar refractivity (Wildman–Crippen MR) is 81.8 cm³/mol. The van der Waals surface area contributed by atoms with E-state index < -0.39 is 32.9 Å².